The lowest BCUT2D eigenvalue weighted by molar-refractivity contribution is 0.0710. The van der Waals surface area contributed by atoms with Crippen LogP contribution in [0.2, 0.25) is 0 Å². The van der Waals surface area contributed by atoms with Crippen molar-refractivity contribution in [3.8, 4) is 11.6 Å². The van der Waals surface area contributed by atoms with Gasteiger partial charge in [0, 0.05) is 45.0 Å². The minimum absolute atomic E-state index is 0.0349. The first-order valence-corrected chi connectivity index (χ1v) is 10.1. The van der Waals surface area contributed by atoms with E-state index in [0.717, 1.165) is 23.4 Å². The molecule has 1 fully saturated rings. The summed E-state index contributed by atoms with van der Waals surface area (Å²) in [5, 5.41) is 28.4. The Kier molecular flexibility index (Phi) is 5.59. The maximum absolute atomic E-state index is 11.3. The summed E-state index contributed by atoms with van der Waals surface area (Å²) >= 11 is 0. The molecule has 1 aliphatic rings. The molecule has 1 aliphatic heterocycles. The summed E-state index contributed by atoms with van der Waals surface area (Å²) in [5.74, 6) is 0.339. The Balaban J connectivity index is 1.50. The number of piperazine rings is 1. The quantitative estimate of drug-likeness (QED) is 0.632. The lowest BCUT2D eigenvalue weighted by Gasteiger charge is -2.38. The summed E-state index contributed by atoms with van der Waals surface area (Å²) in [6, 6.07) is 4.46. The Morgan fingerprint density at radius 3 is 2.77 bits per heavy atom. The van der Waals surface area contributed by atoms with Crippen LogP contribution in [0.5, 0.6) is 0 Å². The van der Waals surface area contributed by atoms with Crippen LogP contribution in [-0.4, -0.2) is 71.9 Å². The van der Waals surface area contributed by atoms with Crippen molar-refractivity contribution in [2.45, 2.75) is 33.4 Å². The standard InChI is InChI=1S/C20H26N8O3/c1-12-7-15(11-27-5-6-28(20(29)30)13(2)10-27)14(3)16(8-12)22-19-24-23-18(31-19)17-9-21-25-26(17)4/h7-9,13H,5-6,10-11H2,1-4H3,(H,22,24)(H,29,30)/t13-/m0/s1. The fraction of sp³-hybridized carbons (Fsp3) is 0.450. The van der Waals surface area contributed by atoms with Crippen molar-refractivity contribution < 1.29 is 14.3 Å². The molecule has 1 amide bonds. The molecule has 0 aliphatic carbocycles. The molecule has 164 valence electrons. The second kappa shape index (κ2) is 8.34. The zero-order valence-electron chi connectivity index (χ0n) is 18.0. The van der Waals surface area contributed by atoms with Gasteiger partial charge < -0.3 is 19.7 Å². The van der Waals surface area contributed by atoms with Crippen LogP contribution < -0.4 is 5.32 Å². The molecule has 11 nitrogen and oxygen atoms in total. The van der Waals surface area contributed by atoms with Gasteiger partial charge in [0.25, 0.3) is 5.89 Å². The average Bonchev–Trinajstić information content (AvgIpc) is 3.33. The van der Waals surface area contributed by atoms with Crippen LogP contribution in [0, 0.1) is 13.8 Å². The SMILES string of the molecule is Cc1cc(CN2CCN(C(=O)O)[C@@H](C)C2)c(C)c(Nc2nnc(-c3cnnn3C)o2)c1. The second-order valence-corrected chi connectivity index (χ2v) is 7.94. The number of aryl methyl sites for hydroxylation is 2. The Morgan fingerprint density at radius 1 is 1.29 bits per heavy atom. The van der Waals surface area contributed by atoms with Gasteiger partial charge in [0.1, 0.15) is 5.69 Å². The number of carbonyl (C=O) groups is 1. The lowest BCUT2D eigenvalue weighted by Crippen LogP contribution is -2.53. The van der Waals surface area contributed by atoms with Crippen molar-refractivity contribution in [2.24, 2.45) is 7.05 Å². The van der Waals surface area contributed by atoms with Gasteiger partial charge in [-0.2, -0.15) is 0 Å². The van der Waals surface area contributed by atoms with Gasteiger partial charge >= 0.3 is 12.1 Å². The number of hydrogen-bond acceptors (Lipinski definition) is 8. The maximum Gasteiger partial charge on any atom is 0.407 e. The van der Waals surface area contributed by atoms with Gasteiger partial charge in [0.2, 0.25) is 0 Å². The Morgan fingerprint density at radius 2 is 2.10 bits per heavy atom. The number of nitrogens with zero attached hydrogens (tertiary/aromatic N) is 7. The van der Waals surface area contributed by atoms with E-state index in [4.69, 9.17) is 4.42 Å². The fourth-order valence-corrected chi connectivity index (χ4v) is 3.91. The first-order valence-electron chi connectivity index (χ1n) is 10.1. The number of nitrogens with one attached hydrogen (secondary N) is 1. The molecule has 0 radical (unpaired) electrons. The van der Waals surface area contributed by atoms with Crippen molar-refractivity contribution in [1.29, 1.82) is 0 Å². The summed E-state index contributed by atoms with van der Waals surface area (Å²) in [6.45, 7) is 8.71. The molecule has 11 heteroatoms. The van der Waals surface area contributed by atoms with E-state index in [1.165, 1.54) is 10.5 Å². The minimum atomic E-state index is -0.855. The Bertz CT molecular complexity index is 1090. The van der Waals surface area contributed by atoms with Gasteiger partial charge in [-0.15, -0.1) is 10.2 Å². The molecule has 1 atom stereocenters. The van der Waals surface area contributed by atoms with Crippen LogP contribution in [0.1, 0.15) is 23.6 Å². The van der Waals surface area contributed by atoms with Gasteiger partial charge in [0.05, 0.1) is 6.20 Å². The highest BCUT2D eigenvalue weighted by Gasteiger charge is 2.27. The summed E-state index contributed by atoms with van der Waals surface area (Å²) in [5.41, 5.74) is 4.90. The van der Waals surface area contributed by atoms with Gasteiger partial charge in [-0.3, -0.25) is 4.90 Å². The maximum atomic E-state index is 11.3. The van der Waals surface area contributed by atoms with Crippen LogP contribution in [0.3, 0.4) is 0 Å². The van der Waals surface area contributed by atoms with Gasteiger partial charge in [-0.05, 0) is 43.5 Å². The van der Waals surface area contributed by atoms with Crippen LogP contribution in [0.4, 0.5) is 16.5 Å². The third-order valence-corrected chi connectivity index (χ3v) is 5.61. The average molecular weight is 426 g/mol. The number of anilines is 2. The molecular weight excluding hydrogens is 400 g/mol. The van der Waals surface area contributed by atoms with Crippen molar-refractivity contribution >= 4 is 17.8 Å². The molecule has 2 N–H and O–H groups in total. The van der Waals surface area contributed by atoms with Crippen molar-refractivity contribution in [3.63, 3.8) is 0 Å². The molecule has 0 saturated carbocycles. The normalized spacial score (nSPS) is 17.2. The first-order chi connectivity index (χ1) is 14.8. The lowest BCUT2D eigenvalue weighted by atomic mass is 10.0. The van der Waals surface area contributed by atoms with Crippen molar-refractivity contribution in [2.75, 3.05) is 25.0 Å². The zero-order chi connectivity index (χ0) is 22.1. The highest BCUT2D eigenvalue weighted by atomic mass is 16.4. The van der Waals surface area contributed by atoms with Crippen LogP contribution in [0.15, 0.2) is 22.7 Å². The topological polar surface area (TPSA) is 125 Å². The van der Waals surface area contributed by atoms with E-state index >= 15 is 0 Å². The van der Waals surface area contributed by atoms with E-state index in [0.29, 0.717) is 37.2 Å². The molecular formula is C20H26N8O3. The Labute approximate surface area is 179 Å². The van der Waals surface area contributed by atoms with E-state index in [9.17, 15) is 9.90 Å². The molecule has 0 bridgehead atoms. The largest absolute Gasteiger partial charge is 0.465 e. The number of rotatable bonds is 5. The summed E-state index contributed by atoms with van der Waals surface area (Å²) in [7, 11) is 1.76. The monoisotopic (exact) mass is 426 g/mol. The van der Waals surface area contributed by atoms with Gasteiger partial charge in [0.15, 0.2) is 0 Å². The van der Waals surface area contributed by atoms with E-state index in [-0.39, 0.29) is 6.04 Å². The smallest absolute Gasteiger partial charge is 0.407 e. The van der Waals surface area contributed by atoms with Crippen molar-refractivity contribution in [3.05, 3.63) is 35.0 Å². The predicted octanol–water partition coefficient (Wildman–Crippen LogP) is 2.41. The molecule has 3 heterocycles. The van der Waals surface area contributed by atoms with Crippen LogP contribution in [0.25, 0.3) is 11.6 Å². The van der Waals surface area contributed by atoms with Crippen LogP contribution in [-0.2, 0) is 13.6 Å². The summed E-state index contributed by atoms with van der Waals surface area (Å²) in [6.07, 6.45) is 0.713. The Hall–Kier alpha value is -3.47. The number of carboxylic acid groups (broad SMARTS) is 1. The highest BCUT2D eigenvalue weighted by Crippen LogP contribution is 2.27. The highest BCUT2D eigenvalue weighted by molar-refractivity contribution is 5.65. The minimum Gasteiger partial charge on any atom is -0.465 e. The molecule has 1 aromatic carbocycles. The fourth-order valence-electron chi connectivity index (χ4n) is 3.91. The first kappa shape index (κ1) is 20.8. The summed E-state index contributed by atoms with van der Waals surface area (Å²) in [4.78, 5) is 15.1. The number of aromatic nitrogens is 5. The number of amides is 1. The number of hydrogen-bond donors (Lipinski definition) is 2. The third kappa shape index (κ3) is 4.36. The second-order valence-electron chi connectivity index (χ2n) is 7.94. The van der Waals surface area contributed by atoms with E-state index < -0.39 is 6.09 Å². The third-order valence-electron chi connectivity index (χ3n) is 5.61. The van der Waals surface area contributed by atoms with Crippen LogP contribution >= 0.6 is 0 Å². The molecule has 2 aromatic heterocycles. The van der Waals surface area contributed by atoms with E-state index in [2.05, 4.69) is 43.7 Å². The molecule has 0 unspecified atom stereocenters. The molecule has 3 aromatic rings. The van der Waals surface area contributed by atoms with Gasteiger partial charge in [-0.25, -0.2) is 9.48 Å². The van der Waals surface area contributed by atoms with Crippen molar-refractivity contribution in [1.82, 2.24) is 35.0 Å². The molecule has 31 heavy (non-hydrogen) atoms. The molecule has 1 saturated heterocycles. The zero-order valence-corrected chi connectivity index (χ0v) is 18.0. The molecule has 4 rings (SSSR count). The summed E-state index contributed by atoms with van der Waals surface area (Å²) < 4.78 is 7.31. The van der Waals surface area contributed by atoms with Gasteiger partial charge in [-0.1, -0.05) is 16.4 Å². The predicted molar refractivity (Wildman–Crippen MR) is 113 cm³/mol. The molecule has 0 spiro atoms. The number of benzene rings is 1. The van der Waals surface area contributed by atoms with E-state index in [1.54, 1.807) is 17.9 Å². The van der Waals surface area contributed by atoms with E-state index in [1.807, 2.05) is 19.9 Å².